The number of para-hydroxylation sites is 1. The molecule has 2 atom stereocenters. The van der Waals surface area contributed by atoms with Crippen molar-refractivity contribution in [2.45, 2.75) is 85.5 Å². The molecule has 2 heterocycles. The number of aliphatic hydroxyl groups is 1. The minimum atomic E-state index is -1.01. The topological polar surface area (TPSA) is 97.3 Å². The zero-order chi connectivity index (χ0) is 29.1. The third-order valence-electron chi connectivity index (χ3n) is 7.18. The van der Waals surface area contributed by atoms with E-state index in [4.69, 9.17) is 4.99 Å². The van der Waals surface area contributed by atoms with E-state index in [0.29, 0.717) is 12.2 Å². The lowest BCUT2D eigenvalue weighted by atomic mass is 9.94. The summed E-state index contributed by atoms with van der Waals surface area (Å²) in [7, 11) is 0. The molecule has 0 aromatic heterocycles. The maximum atomic E-state index is 13.6. The summed E-state index contributed by atoms with van der Waals surface area (Å²) in [5.41, 5.74) is 4.37. The number of rotatable bonds is 8. The fourth-order valence-electron chi connectivity index (χ4n) is 4.96. The van der Waals surface area contributed by atoms with Gasteiger partial charge in [0.05, 0.1) is 17.5 Å². The number of piperidine rings is 1. The lowest BCUT2D eigenvalue weighted by Gasteiger charge is -2.29. The molecule has 2 unspecified atom stereocenters. The molecule has 3 amide bonds. The highest BCUT2D eigenvalue weighted by atomic mass is 16.3. The van der Waals surface area contributed by atoms with Crippen LogP contribution in [0.1, 0.15) is 77.8 Å². The van der Waals surface area contributed by atoms with Crippen molar-refractivity contribution in [1.29, 1.82) is 0 Å². The van der Waals surface area contributed by atoms with E-state index in [-0.39, 0.29) is 17.9 Å². The molecule has 8 heteroatoms. The molecule has 2 aliphatic rings. The van der Waals surface area contributed by atoms with Gasteiger partial charge in [-0.05, 0) is 55.4 Å². The molecule has 0 aliphatic carbocycles. The van der Waals surface area contributed by atoms with Crippen LogP contribution >= 0.6 is 0 Å². The number of aliphatic imine (C=N–C) groups is 1. The number of nitrogens with zero attached hydrogens (tertiary/aromatic N) is 3. The van der Waals surface area contributed by atoms with Crippen LogP contribution in [0.2, 0.25) is 0 Å². The number of nitrogens with one attached hydrogen (secondary N) is 2. The van der Waals surface area contributed by atoms with Gasteiger partial charge in [-0.1, -0.05) is 71.4 Å². The van der Waals surface area contributed by atoms with Gasteiger partial charge in [0.2, 0.25) is 6.17 Å². The third kappa shape index (κ3) is 8.38. The quantitative estimate of drug-likeness (QED) is 0.388. The Bertz CT molecular complexity index is 1140. The summed E-state index contributed by atoms with van der Waals surface area (Å²) in [6, 6.07) is 15.1. The minimum absolute atomic E-state index is 0.135. The average Bonchev–Trinajstić information content (AvgIpc) is 3.05. The molecule has 1 saturated heterocycles. The maximum absolute atomic E-state index is 13.6. The van der Waals surface area contributed by atoms with E-state index in [1.807, 2.05) is 55.5 Å². The molecule has 218 valence electrons. The Kier molecular flexibility index (Phi) is 12.2. The summed E-state index contributed by atoms with van der Waals surface area (Å²) >= 11 is 0. The van der Waals surface area contributed by atoms with Crippen molar-refractivity contribution >= 4 is 29.0 Å². The smallest absolute Gasteiger partial charge is 0.321 e. The molecule has 4 rings (SSSR count). The largest absolute Gasteiger partial charge is 0.393 e. The predicted octanol–water partition coefficient (Wildman–Crippen LogP) is 5.80. The van der Waals surface area contributed by atoms with Gasteiger partial charge in [-0.3, -0.25) is 14.7 Å². The summed E-state index contributed by atoms with van der Waals surface area (Å²) in [4.78, 5) is 35.5. The van der Waals surface area contributed by atoms with Crippen LogP contribution in [0.3, 0.4) is 0 Å². The first-order valence-electron chi connectivity index (χ1n) is 14.9. The van der Waals surface area contributed by atoms with Gasteiger partial charge in [-0.25, -0.2) is 4.79 Å². The molecule has 40 heavy (non-hydrogen) atoms. The fourth-order valence-corrected chi connectivity index (χ4v) is 4.96. The van der Waals surface area contributed by atoms with Crippen LogP contribution < -0.4 is 15.5 Å². The molecule has 1 fully saturated rings. The van der Waals surface area contributed by atoms with E-state index in [1.54, 1.807) is 4.90 Å². The highest BCUT2D eigenvalue weighted by molar-refractivity contribution is 6.14. The summed E-state index contributed by atoms with van der Waals surface area (Å²) in [6.07, 6.45) is 3.27. The Balaban J connectivity index is 0.00000141. The van der Waals surface area contributed by atoms with Crippen LogP contribution in [0, 0.1) is 5.92 Å². The number of amides is 3. The van der Waals surface area contributed by atoms with E-state index >= 15 is 0 Å². The molecule has 0 radical (unpaired) electrons. The molecule has 2 aromatic rings. The number of anilines is 2. The van der Waals surface area contributed by atoms with Crippen molar-refractivity contribution in [1.82, 2.24) is 10.2 Å². The first-order valence-corrected chi connectivity index (χ1v) is 14.9. The SMILES string of the molecule is CCC.CCCN1C(=O)C(NC(=O)Nc2cccc(CN3CCC(O)CC3)c2)N=C(C(C)CC)c2ccccc21. The van der Waals surface area contributed by atoms with Gasteiger partial charge >= 0.3 is 6.03 Å². The van der Waals surface area contributed by atoms with E-state index in [0.717, 1.165) is 67.8 Å². The van der Waals surface area contributed by atoms with Crippen molar-refractivity contribution in [2.24, 2.45) is 10.9 Å². The summed E-state index contributed by atoms with van der Waals surface area (Å²) in [6.45, 7) is 13.5. The molecule has 2 aromatic carbocycles. The van der Waals surface area contributed by atoms with Crippen molar-refractivity contribution in [2.75, 3.05) is 29.9 Å². The van der Waals surface area contributed by atoms with Gasteiger partial charge < -0.3 is 20.6 Å². The summed E-state index contributed by atoms with van der Waals surface area (Å²) in [5.74, 6) is -0.0979. The van der Waals surface area contributed by atoms with Crippen LogP contribution in [-0.2, 0) is 11.3 Å². The van der Waals surface area contributed by atoms with E-state index < -0.39 is 12.2 Å². The van der Waals surface area contributed by atoms with E-state index in [9.17, 15) is 14.7 Å². The molecule has 8 nitrogen and oxygen atoms in total. The van der Waals surface area contributed by atoms with E-state index in [1.165, 1.54) is 6.42 Å². The molecule has 0 saturated carbocycles. The van der Waals surface area contributed by atoms with Gasteiger partial charge in [0, 0.05) is 37.4 Å². The number of benzene rings is 2. The third-order valence-corrected chi connectivity index (χ3v) is 7.18. The highest BCUT2D eigenvalue weighted by Gasteiger charge is 2.33. The number of hydrogen-bond donors (Lipinski definition) is 3. The van der Waals surface area contributed by atoms with Crippen molar-refractivity contribution in [3.05, 3.63) is 59.7 Å². The van der Waals surface area contributed by atoms with Crippen LogP contribution in [0.4, 0.5) is 16.2 Å². The lowest BCUT2D eigenvalue weighted by Crippen LogP contribution is -2.48. The molecular weight excluding hydrogens is 502 g/mol. The number of fused-ring (bicyclic) bond motifs is 1. The molecule has 3 N–H and O–H groups in total. The number of likely N-dealkylation sites (tertiary alicyclic amines) is 1. The first kappa shape index (κ1) is 31.3. The Morgan fingerprint density at radius 1 is 1.07 bits per heavy atom. The second kappa shape index (κ2) is 15.5. The Hall–Kier alpha value is -3.23. The van der Waals surface area contributed by atoms with Gasteiger partial charge in [-0.2, -0.15) is 0 Å². The van der Waals surface area contributed by atoms with Crippen LogP contribution in [0.15, 0.2) is 53.5 Å². The second-order valence-electron chi connectivity index (χ2n) is 10.7. The molecule has 0 bridgehead atoms. The maximum Gasteiger partial charge on any atom is 0.321 e. The second-order valence-corrected chi connectivity index (χ2v) is 10.7. The van der Waals surface area contributed by atoms with Crippen molar-refractivity contribution < 1.29 is 14.7 Å². The average molecular weight is 550 g/mol. The van der Waals surface area contributed by atoms with Crippen molar-refractivity contribution in [3.63, 3.8) is 0 Å². The van der Waals surface area contributed by atoms with Crippen LogP contribution in [0.25, 0.3) is 0 Å². The number of aliphatic hydroxyl groups excluding tert-OH is 1. The van der Waals surface area contributed by atoms with Crippen LogP contribution in [0.5, 0.6) is 0 Å². The minimum Gasteiger partial charge on any atom is -0.393 e. The van der Waals surface area contributed by atoms with Crippen LogP contribution in [-0.4, -0.2) is 59.6 Å². The van der Waals surface area contributed by atoms with Gasteiger partial charge in [0.15, 0.2) is 0 Å². The number of urea groups is 1. The van der Waals surface area contributed by atoms with E-state index in [2.05, 4.69) is 43.2 Å². The molecule has 2 aliphatic heterocycles. The summed E-state index contributed by atoms with van der Waals surface area (Å²) < 4.78 is 0. The fraction of sp³-hybridized carbons (Fsp3) is 0.531. The number of hydrogen-bond acceptors (Lipinski definition) is 5. The van der Waals surface area contributed by atoms with Gasteiger partial charge in [0.1, 0.15) is 0 Å². The molecule has 0 spiro atoms. The Morgan fingerprint density at radius 2 is 1.77 bits per heavy atom. The monoisotopic (exact) mass is 549 g/mol. The number of carbonyl (C=O) groups excluding carboxylic acids is 2. The van der Waals surface area contributed by atoms with Gasteiger partial charge in [0.25, 0.3) is 5.91 Å². The molecular formula is C32H47N5O3. The first-order chi connectivity index (χ1) is 19.3. The summed E-state index contributed by atoms with van der Waals surface area (Å²) in [5, 5.41) is 15.5. The Labute approximate surface area is 239 Å². The highest BCUT2D eigenvalue weighted by Crippen LogP contribution is 2.29. The lowest BCUT2D eigenvalue weighted by molar-refractivity contribution is -0.120. The standard InChI is InChI=1S/C29H39N5O3.C3H8/c1-4-15-34-25-12-7-6-11-24(25)26(20(3)5-2)31-27(28(34)36)32-29(37)30-22-10-8-9-21(18-22)19-33-16-13-23(35)14-17-33;1-3-2/h6-12,18,20,23,27,35H,4-5,13-17,19H2,1-3H3,(H2,30,32,37);3H2,1-2H3. The normalized spacial score (nSPS) is 18.6. The number of carbonyl (C=O) groups is 2. The van der Waals surface area contributed by atoms with Gasteiger partial charge in [-0.15, -0.1) is 0 Å². The predicted molar refractivity (Wildman–Crippen MR) is 164 cm³/mol. The zero-order valence-electron chi connectivity index (χ0n) is 24.8. The van der Waals surface area contributed by atoms with Crippen molar-refractivity contribution in [3.8, 4) is 0 Å². The Morgan fingerprint density at radius 3 is 2.45 bits per heavy atom. The number of benzodiazepines with no additional fused rings is 1. The zero-order valence-corrected chi connectivity index (χ0v) is 24.8.